The number of hydrogen-bond donors (Lipinski definition) is 1. The normalized spacial score (nSPS) is 17.8. The average molecular weight is 439 g/mol. The summed E-state index contributed by atoms with van der Waals surface area (Å²) in [6.45, 7) is 0. The predicted molar refractivity (Wildman–Crippen MR) is 113 cm³/mol. The second kappa shape index (κ2) is 8.20. The summed E-state index contributed by atoms with van der Waals surface area (Å²) in [5.41, 5.74) is 1.02. The molecule has 1 fully saturated rings. The van der Waals surface area contributed by atoms with Gasteiger partial charge in [-0.25, -0.2) is 4.39 Å². The maximum Gasteiger partial charge on any atom is 0.300 e. The molecule has 156 valence electrons. The molecule has 1 unspecified atom stereocenters. The van der Waals surface area contributed by atoms with Gasteiger partial charge in [0.05, 0.1) is 23.7 Å². The average Bonchev–Trinajstić information content (AvgIpc) is 3.06. The first-order valence-corrected chi connectivity index (χ1v) is 9.60. The number of benzene rings is 2. The van der Waals surface area contributed by atoms with Crippen LogP contribution in [0.2, 0.25) is 5.02 Å². The number of amides is 1. The van der Waals surface area contributed by atoms with Crippen LogP contribution in [-0.2, 0) is 9.59 Å². The molecule has 0 bridgehead atoms. The van der Waals surface area contributed by atoms with Crippen LogP contribution in [0, 0.1) is 5.82 Å². The van der Waals surface area contributed by atoms with Crippen molar-refractivity contribution in [2.75, 3.05) is 12.0 Å². The molecular weight excluding hydrogens is 423 g/mol. The Kier molecular flexibility index (Phi) is 5.44. The molecule has 1 saturated heterocycles. The van der Waals surface area contributed by atoms with Crippen LogP contribution in [0.4, 0.5) is 10.1 Å². The summed E-state index contributed by atoms with van der Waals surface area (Å²) in [4.78, 5) is 31.2. The molecule has 2 aromatic carbocycles. The minimum atomic E-state index is -0.952. The fraction of sp³-hybridized carbons (Fsp3) is 0.0870. The van der Waals surface area contributed by atoms with E-state index in [9.17, 15) is 19.1 Å². The Balaban J connectivity index is 1.92. The summed E-state index contributed by atoms with van der Waals surface area (Å²) in [6, 6.07) is 12.5. The molecule has 1 atom stereocenters. The Hall–Kier alpha value is -3.71. The van der Waals surface area contributed by atoms with E-state index in [1.54, 1.807) is 36.4 Å². The summed E-state index contributed by atoms with van der Waals surface area (Å²) >= 11 is 5.91. The molecule has 0 spiro atoms. The van der Waals surface area contributed by atoms with Crippen LogP contribution in [0.3, 0.4) is 0 Å². The largest absolute Gasteiger partial charge is 0.507 e. The van der Waals surface area contributed by atoms with E-state index >= 15 is 0 Å². The second-order valence-corrected chi connectivity index (χ2v) is 7.18. The van der Waals surface area contributed by atoms with Crippen LogP contribution in [-0.4, -0.2) is 28.9 Å². The third-order valence-electron chi connectivity index (χ3n) is 5.01. The SMILES string of the molecule is COc1ccc(/C(O)=C2\C(=O)C(=O)N(c3ccc(F)c(Cl)c3)C2c2ccncc2)cc1. The minimum absolute atomic E-state index is 0.0955. The van der Waals surface area contributed by atoms with Crippen molar-refractivity contribution < 1.29 is 23.8 Å². The molecule has 0 radical (unpaired) electrons. The van der Waals surface area contributed by atoms with Crippen molar-refractivity contribution in [1.29, 1.82) is 0 Å². The highest BCUT2D eigenvalue weighted by atomic mass is 35.5. The highest BCUT2D eigenvalue weighted by Gasteiger charge is 2.47. The van der Waals surface area contributed by atoms with Crippen molar-refractivity contribution in [3.63, 3.8) is 0 Å². The fourth-order valence-corrected chi connectivity index (χ4v) is 3.67. The molecule has 1 aliphatic rings. The summed E-state index contributed by atoms with van der Waals surface area (Å²) in [7, 11) is 1.51. The van der Waals surface area contributed by atoms with E-state index in [1.807, 2.05) is 0 Å². The number of ketones is 1. The minimum Gasteiger partial charge on any atom is -0.507 e. The Bertz CT molecular complexity index is 1200. The number of Topliss-reactive ketones (excluding diaryl/α,β-unsaturated/α-hetero) is 1. The number of hydrogen-bond acceptors (Lipinski definition) is 5. The van der Waals surface area contributed by atoms with Gasteiger partial charge >= 0.3 is 0 Å². The van der Waals surface area contributed by atoms with E-state index in [-0.39, 0.29) is 22.0 Å². The van der Waals surface area contributed by atoms with Crippen molar-refractivity contribution in [3.05, 3.63) is 94.5 Å². The molecule has 0 saturated carbocycles. The van der Waals surface area contributed by atoms with Crippen molar-refractivity contribution in [2.45, 2.75) is 6.04 Å². The molecule has 3 aromatic rings. The standard InChI is InChI=1S/C23H16ClFN2O4/c1-31-16-5-2-14(3-6-16)21(28)19-20(13-8-10-26-11-9-13)27(23(30)22(19)29)15-4-7-18(25)17(24)12-15/h2-12,20,28H,1H3/b21-19+. The number of methoxy groups -OCH3 is 1. The molecule has 6 nitrogen and oxygen atoms in total. The van der Waals surface area contributed by atoms with Gasteiger partial charge in [-0.05, 0) is 60.2 Å². The fourth-order valence-electron chi connectivity index (χ4n) is 3.50. The highest BCUT2D eigenvalue weighted by Crippen LogP contribution is 2.42. The van der Waals surface area contributed by atoms with Gasteiger partial charge in [0.2, 0.25) is 0 Å². The van der Waals surface area contributed by atoms with Gasteiger partial charge in [-0.15, -0.1) is 0 Å². The topological polar surface area (TPSA) is 79.7 Å². The number of halogens is 2. The number of nitrogens with zero attached hydrogens (tertiary/aromatic N) is 2. The van der Waals surface area contributed by atoms with Crippen LogP contribution < -0.4 is 9.64 Å². The Labute approximate surface area is 182 Å². The Morgan fingerprint density at radius 2 is 1.77 bits per heavy atom. The van der Waals surface area contributed by atoms with Crippen LogP contribution in [0.15, 0.2) is 72.6 Å². The maximum atomic E-state index is 13.7. The summed E-state index contributed by atoms with van der Waals surface area (Å²) in [5.74, 6) is -2.14. The van der Waals surface area contributed by atoms with Gasteiger partial charge < -0.3 is 9.84 Å². The first kappa shape index (κ1) is 20.6. The number of aromatic nitrogens is 1. The van der Waals surface area contributed by atoms with Gasteiger partial charge in [0.15, 0.2) is 0 Å². The van der Waals surface area contributed by atoms with Gasteiger partial charge in [-0.3, -0.25) is 19.5 Å². The zero-order chi connectivity index (χ0) is 22.1. The van der Waals surface area contributed by atoms with Gasteiger partial charge in [-0.2, -0.15) is 0 Å². The number of pyridine rings is 1. The smallest absolute Gasteiger partial charge is 0.300 e. The van der Waals surface area contributed by atoms with Crippen molar-refractivity contribution >= 4 is 34.7 Å². The number of ether oxygens (including phenoxy) is 1. The summed E-state index contributed by atoms with van der Waals surface area (Å²) < 4.78 is 18.8. The zero-order valence-corrected chi connectivity index (χ0v) is 17.0. The third-order valence-corrected chi connectivity index (χ3v) is 5.30. The van der Waals surface area contributed by atoms with E-state index in [0.29, 0.717) is 16.9 Å². The van der Waals surface area contributed by atoms with Crippen LogP contribution >= 0.6 is 11.6 Å². The lowest BCUT2D eigenvalue weighted by Crippen LogP contribution is -2.29. The number of carbonyl (C=O) groups excluding carboxylic acids is 2. The molecule has 0 aliphatic carbocycles. The van der Waals surface area contributed by atoms with Crippen molar-refractivity contribution in [3.8, 4) is 5.75 Å². The summed E-state index contributed by atoms with van der Waals surface area (Å²) in [5, 5.41) is 10.8. The predicted octanol–water partition coefficient (Wildman–Crippen LogP) is 4.51. The number of carbonyl (C=O) groups is 2. The van der Waals surface area contributed by atoms with Gasteiger partial charge in [-0.1, -0.05) is 11.6 Å². The second-order valence-electron chi connectivity index (χ2n) is 6.78. The van der Waals surface area contributed by atoms with Crippen molar-refractivity contribution in [1.82, 2.24) is 4.98 Å². The molecule has 8 heteroatoms. The van der Waals surface area contributed by atoms with Crippen LogP contribution in [0.1, 0.15) is 17.2 Å². The molecule has 1 aromatic heterocycles. The van der Waals surface area contributed by atoms with E-state index < -0.39 is 23.5 Å². The molecule has 1 N–H and O–H groups in total. The lowest BCUT2D eigenvalue weighted by Gasteiger charge is -2.25. The van der Waals surface area contributed by atoms with Gasteiger partial charge in [0.1, 0.15) is 17.3 Å². The Morgan fingerprint density at radius 3 is 2.39 bits per heavy atom. The maximum absolute atomic E-state index is 13.7. The van der Waals surface area contributed by atoms with Gasteiger partial charge in [0, 0.05) is 23.6 Å². The quantitative estimate of drug-likeness (QED) is 0.368. The van der Waals surface area contributed by atoms with Crippen molar-refractivity contribution in [2.24, 2.45) is 0 Å². The summed E-state index contributed by atoms with van der Waals surface area (Å²) in [6.07, 6.45) is 3.03. The van der Waals surface area contributed by atoms with Crippen LogP contribution in [0.5, 0.6) is 5.75 Å². The lowest BCUT2D eigenvalue weighted by atomic mass is 9.95. The number of aliphatic hydroxyl groups excluding tert-OH is 1. The molecular formula is C23H16ClFN2O4. The Morgan fingerprint density at radius 1 is 1.10 bits per heavy atom. The lowest BCUT2D eigenvalue weighted by molar-refractivity contribution is -0.132. The monoisotopic (exact) mass is 438 g/mol. The van der Waals surface area contributed by atoms with E-state index in [2.05, 4.69) is 4.98 Å². The van der Waals surface area contributed by atoms with E-state index in [0.717, 1.165) is 6.07 Å². The molecule has 1 aliphatic heterocycles. The third kappa shape index (κ3) is 3.64. The zero-order valence-electron chi connectivity index (χ0n) is 16.3. The molecule has 4 rings (SSSR count). The van der Waals surface area contributed by atoms with Crippen LogP contribution in [0.25, 0.3) is 5.76 Å². The van der Waals surface area contributed by atoms with E-state index in [1.165, 1.54) is 36.5 Å². The number of anilines is 1. The number of aliphatic hydroxyl groups is 1. The number of rotatable bonds is 4. The molecule has 2 heterocycles. The molecule has 1 amide bonds. The highest BCUT2D eigenvalue weighted by molar-refractivity contribution is 6.51. The first-order chi connectivity index (χ1) is 14.9. The first-order valence-electron chi connectivity index (χ1n) is 9.22. The molecule has 31 heavy (non-hydrogen) atoms. The van der Waals surface area contributed by atoms with E-state index in [4.69, 9.17) is 16.3 Å². The van der Waals surface area contributed by atoms with Gasteiger partial charge in [0.25, 0.3) is 11.7 Å².